The average Bonchev–Trinajstić information content (AvgIpc) is 2.99. The maximum absolute atomic E-state index is 13.4. The zero-order valence-electron chi connectivity index (χ0n) is 16.9. The zero-order chi connectivity index (χ0) is 20.4. The molecule has 0 aromatic heterocycles. The Labute approximate surface area is 171 Å². The maximum atomic E-state index is 13.4. The van der Waals surface area contributed by atoms with Gasteiger partial charge in [-0.15, -0.1) is 0 Å². The van der Waals surface area contributed by atoms with Crippen molar-refractivity contribution in [2.45, 2.75) is 26.3 Å². The second kappa shape index (κ2) is 8.11. The van der Waals surface area contributed by atoms with Gasteiger partial charge in [0.1, 0.15) is 11.4 Å². The van der Waals surface area contributed by atoms with E-state index < -0.39 is 0 Å². The highest BCUT2D eigenvalue weighted by Crippen LogP contribution is 2.34. The lowest BCUT2D eigenvalue weighted by atomic mass is 9.98. The summed E-state index contributed by atoms with van der Waals surface area (Å²) in [6, 6.07) is 17.0. The first-order valence-corrected chi connectivity index (χ1v) is 10.1. The predicted molar refractivity (Wildman–Crippen MR) is 112 cm³/mol. The van der Waals surface area contributed by atoms with Crippen LogP contribution in [0.25, 0.3) is 5.57 Å². The number of piperidine rings is 1. The van der Waals surface area contributed by atoms with Crippen molar-refractivity contribution in [2.75, 3.05) is 20.2 Å². The quantitative estimate of drug-likeness (QED) is 0.731. The van der Waals surface area contributed by atoms with Crippen LogP contribution in [0.5, 0.6) is 5.75 Å². The lowest BCUT2D eigenvalue weighted by molar-refractivity contribution is -0.138. The van der Waals surface area contributed by atoms with E-state index in [0.29, 0.717) is 17.2 Å². The van der Waals surface area contributed by atoms with Crippen molar-refractivity contribution in [3.05, 3.63) is 71.4 Å². The number of likely N-dealkylation sites (tertiary alicyclic amines) is 1. The van der Waals surface area contributed by atoms with Crippen molar-refractivity contribution in [1.29, 1.82) is 0 Å². The number of hydrogen-bond acceptors (Lipinski definition) is 4. The second-order valence-corrected chi connectivity index (χ2v) is 7.83. The van der Waals surface area contributed by atoms with E-state index in [-0.39, 0.29) is 18.4 Å². The number of imide groups is 1. The van der Waals surface area contributed by atoms with E-state index in [4.69, 9.17) is 4.74 Å². The third-order valence-electron chi connectivity index (χ3n) is 5.68. The number of carbonyl (C=O) groups is 2. The number of amides is 2. The molecule has 1 unspecified atom stereocenters. The number of benzene rings is 2. The van der Waals surface area contributed by atoms with Gasteiger partial charge in [-0.2, -0.15) is 0 Å². The van der Waals surface area contributed by atoms with E-state index in [2.05, 4.69) is 11.8 Å². The highest BCUT2D eigenvalue weighted by Gasteiger charge is 2.42. The lowest BCUT2D eigenvalue weighted by Crippen LogP contribution is -2.39. The van der Waals surface area contributed by atoms with Crippen LogP contribution in [0.3, 0.4) is 0 Å². The normalized spacial score (nSPS) is 19.9. The van der Waals surface area contributed by atoms with Crippen LogP contribution in [0.4, 0.5) is 0 Å². The van der Waals surface area contributed by atoms with Crippen molar-refractivity contribution in [1.82, 2.24) is 9.80 Å². The zero-order valence-corrected chi connectivity index (χ0v) is 16.9. The fourth-order valence-corrected chi connectivity index (χ4v) is 4.17. The van der Waals surface area contributed by atoms with Gasteiger partial charge in [-0.25, -0.2) is 0 Å². The van der Waals surface area contributed by atoms with Gasteiger partial charge in [0.2, 0.25) is 0 Å². The number of nitrogens with zero attached hydrogens (tertiary/aromatic N) is 2. The molecule has 2 aromatic carbocycles. The molecule has 29 heavy (non-hydrogen) atoms. The summed E-state index contributed by atoms with van der Waals surface area (Å²) in [5, 5.41) is 0. The fraction of sp³-hybridized carbons (Fsp3) is 0.333. The van der Waals surface area contributed by atoms with Crippen LogP contribution in [0.1, 0.15) is 30.9 Å². The smallest absolute Gasteiger partial charge is 0.278 e. The highest BCUT2D eigenvalue weighted by atomic mass is 16.5. The molecule has 5 nitrogen and oxygen atoms in total. The summed E-state index contributed by atoms with van der Waals surface area (Å²) in [4.78, 5) is 30.3. The third-order valence-corrected chi connectivity index (χ3v) is 5.68. The predicted octanol–water partition coefficient (Wildman–Crippen LogP) is 3.71. The van der Waals surface area contributed by atoms with Crippen molar-refractivity contribution < 1.29 is 14.3 Å². The Balaban J connectivity index is 1.69. The minimum absolute atomic E-state index is 0.196. The van der Waals surface area contributed by atoms with Crippen molar-refractivity contribution in [2.24, 2.45) is 5.92 Å². The summed E-state index contributed by atoms with van der Waals surface area (Å²) < 4.78 is 5.20. The summed E-state index contributed by atoms with van der Waals surface area (Å²) >= 11 is 0. The Morgan fingerprint density at radius 1 is 1.00 bits per heavy atom. The first kappa shape index (κ1) is 19.2. The van der Waals surface area contributed by atoms with Crippen LogP contribution in [0.2, 0.25) is 0 Å². The van der Waals surface area contributed by atoms with Gasteiger partial charge < -0.3 is 9.64 Å². The van der Waals surface area contributed by atoms with Gasteiger partial charge in [-0.1, -0.05) is 49.4 Å². The molecule has 2 amide bonds. The molecule has 150 valence electrons. The molecule has 0 saturated carbocycles. The number of carbonyl (C=O) groups excluding carboxylic acids is 2. The van der Waals surface area contributed by atoms with Crippen molar-refractivity contribution >= 4 is 17.4 Å². The molecule has 2 aliphatic heterocycles. The molecule has 1 saturated heterocycles. The van der Waals surface area contributed by atoms with Crippen LogP contribution >= 0.6 is 0 Å². The van der Waals surface area contributed by atoms with Crippen LogP contribution in [0.15, 0.2) is 60.3 Å². The molecule has 0 N–H and O–H groups in total. The van der Waals surface area contributed by atoms with E-state index >= 15 is 0 Å². The van der Waals surface area contributed by atoms with Crippen molar-refractivity contribution in [3.63, 3.8) is 0 Å². The van der Waals surface area contributed by atoms with Gasteiger partial charge in [0.05, 0.1) is 19.2 Å². The van der Waals surface area contributed by atoms with Gasteiger partial charge in [0.25, 0.3) is 11.8 Å². The third kappa shape index (κ3) is 3.77. The van der Waals surface area contributed by atoms with E-state index in [1.54, 1.807) is 7.11 Å². The maximum Gasteiger partial charge on any atom is 0.278 e. The first-order valence-electron chi connectivity index (χ1n) is 10.1. The van der Waals surface area contributed by atoms with Crippen LogP contribution < -0.4 is 4.74 Å². The molecule has 0 bridgehead atoms. The van der Waals surface area contributed by atoms with Crippen LogP contribution in [-0.4, -0.2) is 41.8 Å². The highest BCUT2D eigenvalue weighted by molar-refractivity contribution is 6.35. The summed E-state index contributed by atoms with van der Waals surface area (Å²) in [6.07, 6.45) is 2.19. The Morgan fingerprint density at radius 3 is 2.38 bits per heavy atom. The lowest BCUT2D eigenvalue weighted by Gasteiger charge is -2.33. The molecular weight excluding hydrogens is 364 g/mol. The van der Waals surface area contributed by atoms with E-state index in [1.807, 2.05) is 54.6 Å². The van der Waals surface area contributed by atoms with Crippen molar-refractivity contribution in [3.8, 4) is 5.75 Å². The number of ether oxygens (including phenoxy) is 1. The van der Waals surface area contributed by atoms with Gasteiger partial charge in [-0.05, 0) is 42.0 Å². The summed E-state index contributed by atoms with van der Waals surface area (Å²) in [5.41, 5.74) is 2.78. The van der Waals surface area contributed by atoms with Crippen LogP contribution in [-0.2, 0) is 16.1 Å². The molecule has 1 atom stereocenters. The molecule has 0 aliphatic carbocycles. The molecule has 2 heterocycles. The van der Waals surface area contributed by atoms with E-state index in [9.17, 15) is 9.59 Å². The topological polar surface area (TPSA) is 49.9 Å². The molecule has 0 radical (unpaired) electrons. The number of methoxy groups -OCH3 is 1. The Morgan fingerprint density at radius 2 is 1.72 bits per heavy atom. The number of rotatable bonds is 5. The largest absolute Gasteiger partial charge is 0.497 e. The SMILES string of the molecule is COc1ccc(CN2C(=O)C(c3ccccc3)=C(N3CCCC(C)C3)C2=O)cc1. The van der Waals surface area contributed by atoms with Gasteiger partial charge in [0, 0.05) is 13.1 Å². The first-order chi connectivity index (χ1) is 14.1. The monoisotopic (exact) mass is 390 g/mol. The molecule has 2 aromatic rings. The van der Waals surface area contributed by atoms with E-state index in [1.165, 1.54) is 4.90 Å². The Kier molecular flexibility index (Phi) is 5.38. The molecule has 4 rings (SSSR count). The molecule has 2 aliphatic rings. The molecule has 5 heteroatoms. The molecule has 1 fully saturated rings. The van der Waals surface area contributed by atoms with Gasteiger partial charge >= 0.3 is 0 Å². The number of hydrogen-bond donors (Lipinski definition) is 0. The average molecular weight is 390 g/mol. The second-order valence-electron chi connectivity index (χ2n) is 7.83. The van der Waals surface area contributed by atoms with Gasteiger partial charge in [0.15, 0.2) is 0 Å². The van der Waals surface area contributed by atoms with E-state index in [0.717, 1.165) is 42.8 Å². The minimum atomic E-state index is -0.217. The molecular formula is C24H26N2O3. The summed E-state index contributed by atoms with van der Waals surface area (Å²) in [7, 11) is 1.62. The Hall–Kier alpha value is -3.08. The Bertz CT molecular complexity index is 934. The van der Waals surface area contributed by atoms with Gasteiger partial charge in [-0.3, -0.25) is 14.5 Å². The fourth-order valence-electron chi connectivity index (χ4n) is 4.17. The summed E-state index contributed by atoms with van der Waals surface area (Å²) in [6.45, 7) is 4.07. The minimum Gasteiger partial charge on any atom is -0.497 e. The summed E-state index contributed by atoms with van der Waals surface area (Å²) in [5.74, 6) is 0.842. The van der Waals surface area contributed by atoms with Crippen LogP contribution in [0, 0.1) is 5.92 Å². The standard InChI is InChI=1S/C24H26N2O3/c1-17-7-6-14-25(15-17)22-21(19-8-4-3-5-9-19)23(27)26(24(22)28)16-18-10-12-20(29-2)13-11-18/h3-5,8-13,17H,6-7,14-16H2,1-2H3. The molecule has 0 spiro atoms.